The highest BCUT2D eigenvalue weighted by Gasteiger charge is 2.29. The Morgan fingerprint density at radius 1 is 0.370 bits per heavy atom. The maximum atomic E-state index is 11.6. The second-order valence-electron chi connectivity index (χ2n) is 9.83. The molecule has 0 amide bonds. The van der Waals surface area contributed by atoms with Gasteiger partial charge in [0.15, 0.2) is 0 Å². The highest BCUT2D eigenvalue weighted by molar-refractivity contribution is 6.21. The molecule has 4 aromatic carbocycles. The minimum absolute atomic E-state index is 0.00344. The molecule has 0 aliphatic rings. The molecule has 3 heterocycles. The molecule has 0 spiro atoms. The standard InChI is InChI=1S/C25H9N11O10/c1-8-2-9-10(3-15(8)32(37)38)27-21-20(26-9)22-24(30-12-5-17(34(41)42)16(33(39)40)4-11(12)28-22)25-23(21)29-13-6-18(35(43)44)19(36(45)46)7-14(13)31-25/h2-7H,1H3. The first-order valence-corrected chi connectivity index (χ1v) is 12.6. The topological polar surface area (TPSA) is 293 Å². The van der Waals surface area contributed by atoms with Crippen LogP contribution < -0.4 is 0 Å². The molecule has 0 radical (unpaired) electrons. The largest absolute Gasteiger partial charge is 0.348 e. The predicted molar refractivity (Wildman–Crippen MR) is 156 cm³/mol. The van der Waals surface area contributed by atoms with Gasteiger partial charge in [-0.05, 0) is 13.0 Å². The number of fused-ring (bicyclic) bond motifs is 9. The zero-order valence-electron chi connectivity index (χ0n) is 22.5. The summed E-state index contributed by atoms with van der Waals surface area (Å²) < 4.78 is 0. The number of nitro groups is 5. The van der Waals surface area contributed by atoms with E-state index >= 15 is 0 Å². The Bertz CT molecular complexity index is 2600. The molecule has 7 rings (SSSR count). The van der Waals surface area contributed by atoms with Crippen molar-refractivity contribution >= 4 is 94.6 Å². The van der Waals surface area contributed by atoms with Gasteiger partial charge in [0.1, 0.15) is 33.1 Å². The normalized spacial score (nSPS) is 11.6. The van der Waals surface area contributed by atoms with Crippen molar-refractivity contribution in [1.82, 2.24) is 29.9 Å². The Hall–Kier alpha value is -7.32. The summed E-state index contributed by atoms with van der Waals surface area (Å²) in [7, 11) is 0. The lowest BCUT2D eigenvalue weighted by Gasteiger charge is -2.10. The van der Waals surface area contributed by atoms with Gasteiger partial charge >= 0.3 is 22.7 Å². The summed E-state index contributed by atoms with van der Waals surface area (Å²) >= 11 is 0. The molecule has 0 fully saturated rings. The number of benzene rings is 4. The van der Waals surface area contributed by atoms with E-state index in [-0.39, 0.29) is 77.5 Å². The van der Waals surface area contributed by atoms with E-state index < -0.39 is 47.4 Å². The molecule has 0 atom stereocenters. The second kappa shape index (κ2) is 9.34. The van der Waals surface area contributed by atoms with Gasteiger partial charge in [0.2, 0.25) is 0 Å². The number of hydrogen-bond donors (Lipinski definition) is 0. The van der Waals surface area contributed by atoms with Gasteiger partial charge < -0.3 is 0 Å². The van der Waals surface area contributed by atoms with Gasteiger partial charge in [-0.25, -0.2) is 29.9 Å². The van der Waals surface area contributed by atoms with Gasteiger partial charge in [-0.2, -0.15) is 0 Å². The molecule has 0 bridgehead atoms. The number of hydrogen-bond acceptors (Lipinski definition) is 16. The Morgan fingerprint density at radius 2 is 0.565 bits per heavy atom. The van der Waals surface area contributed by atoms with Gasteiger partial charge in [0.25, 0.3) is 5.69 Å². The average molecular weight is 623 g/mol. The minimum Gasteiger partial charge on any atom is -0.258 e. The van der Waals surface area contributed by atoms with Crippen LogP contribution in [0, 0.1) is 57.5 Å². The summed E-state index contributed by atoms with van der Waals surface area (Å²) in [5, 5.41) is 58.1. The third-order valence-electron chi connectivity index (χ3n) is 7.16. The monoisotopic (exact) mass is 623 g/mol. The maximum absolute atomic E-state index is 11.6. The number of rotatable bonds is 5. The molecule has 0 aliphatic carbocycles. The number of aromatic nitrogens is 6. The lowest BCUT2D eigenvalue weighted by molar-refractivity contribution is -0.422. The summed E-state index contributed by atoms with van der Waals surface area (Å²) in [6.45, 7) is 1.49. The lowest BCUT2D eigenvalue weighted by atomic mass is 10.1. The van der Waals surface area contributed by atoms with Crippen LogP contribution in [0.3, 0.4) is 0 Å². The summed E-state index contributed by atoms with van der Waals surface area (Å²) in [6, 6.07) is 6.02. The lowest BCUT2D eigenvalue weighted by Crippen LogP contribution is -2.02. The van der Waals surface area contributed by atoms with E-state index in [1.165, 1.54) is 19.1 Å². The number of aryl methyl sites for hydroxylation is 1. The van der Waals surface area contributed by atoms with Crippen LogP contribution >= 0.6 is 0 Å². The zero-order chi connectivity index (χ0) is 32.8. The molecular weight excluding hydrogens is 614 g/mol. The van der Waals surface area contributed by atoms with Gasteiger partial charge in [-0.15, -0.1) is 0 Å². The first-order chi connectivity index (χ1) is 21.8. The molecule has 21 heteroatoms. The van der Waals surface area contributed by atoms with Crippen LogP contribution in [-0.2, 0) is 0 Å². The van der Waals surface area contributed by atoms with Crippen molar-refractivity contribution in [2.75, 3.05) is 0 Å². The molecule has 0 saturated heterocycles. The Morgan fingerprint density at radius 3 is 0.783 bits per heavy atom. The van der Waals surface area contributed by atoms with E-state index in [0.717, 1.165) is 24.3 Å². The predicted octanol–water partition coefficient (Wildman–Crippen LogP) is 4.83. The highest BCUT2D eigenvalue weighted by Crippen LogP contribution is 2.38. The fourth-order valence-electron chi connectivity index (χ4n) is 5.13. The van der Waals surface area contributed by atoms with Crippen molar-refractivity contribution in [2.45, 2.75) is 6.92 Å². The molecule has 21 nitrogen and oxygen atoms in total. The van der Waals surface area contributed by atoms with Crippen LogP contribution in [0.15, 0.2) is 36.4 Å². The van der Waals surface area contributed by atoms with Crippen LogP contribution in [0.1, 0.15) is 5.56 Å². The molecule has 7 aromatic rings. The molecule has 0 N–H and O–H groups in total. The quantitative estimate of drug-likeness (QED) is 0.107. The van der Waals surface area contributed by atoms with E-state index in [9.17, 15) is 50.6 Å². The number of nitro benzene ring substituents is 5. The molecule has 3 aromatic heterocycles. The first-order valence-electron chi connectivity index (χ1n) is 12.6. The van der Waals surface area contributed by atoms with E-state index in [2.05, 4.69) is 29.9 Å². The van der Waals surface area contributed by atoms with Crippen molar-refractivity contribution in [3.05, 3.63) is 92.5 Å². The smallest absolute Gasteiger partial charge is 0.258 e. The van der Waals surface area contributed by atoms with E-state index in [1.54, 1.807) is 0 Å². The third-order valence-corrected chi connectivity index (χ3v) is 7.16. The van der Waals surface area contributed by atoms with Crippen LogP contribution in [-0.4, -0.2) is 54.5 Å². The van der Waals surface area contributed by atoms with E-state index in [0.29, 0.717) is 0 Å². The molecule has 0 aliphatic heterocycles. The second-order valence-corrected chi connectivity index (χ2v) is 9.83. The van der Waals surface area contributed by atoms with Gasteiger partial charge in [-0.1, -0.05) is 0 Å². The Labute approximate surface area is 248 Å². The van der Waals surface area contributed by atoms with Crippen molar-refractivity contribution in [2.24, 2.45) is 0 Å². The third kappa shape index (κ3) is 3.95. The fourth-order valence-corrected chi connectivity index (χ4v) is 5.13. The molecule has 0 saturated carbocycles. The van der Waals surface area contributed by atoms with Gasteiger partial charge in [-0.3, -0.25) is 50.6 Å². The number of nitrogens with zero attached hydrogens (tertiary/aromatic N) is 11. The van der Waals surface area contributed by atoms with Crippen LogP contribution in [0.25, 0.3) is 66.2 Å². The SMILES string of the molecule is Cc1cc2nc3c(nc2cc1[N+](=O)[O-])c1nc2cc([N+](=O)[O-])c([N+](=O)[O-])cc2nc1c1nc2cc([N+](=O)[O-])c([N+](=O)[O-])cc2nc31. The Balaban J connectivity index is 1.72. The molecule has 224 valence electrons. The van der Waals surface area contributed by atoms with E-state index in [4.69, 9.17) is 0 Å². The van der Waals surface area contributed by atoms with Crippen LogP contribution in [0.5, 0.6) is 0 Å². The minimum atomic E-state index is -0.964. The van der Waals surface area contributed by atoms with E-state index in [1.807, 2.05) is 0 Å². The average Bonchev–Trinajstić information content (AvgIpc) is 3.00. The molecular formula is C25H9N11O10. The van der Waals surface area contributed by atoms with Crippen LogP contribution in [0.2, 0.25) is 0 Å². The van der Waals surface area contributed by atoms with Crippen molar-refractivity contribution in [3.63, 3.8) is 0 Å². The van der Waals surface area contributed by atoms with Crippen molar-refractivity contribution < 1.29 is 24.6 Å². The maximum Gasteiger partial charge on any atom is 0.348 e. The summed E-state index contributed by atoms with van der Waals surface area (Å²) in [5.41, 5.74) is -4.16. The summed E-state index contributed by atoms with van der Waals surface area (Å²) in [4.78, 5) is 80.6. The molecule has 0 unspecified atom stereocenters. The van der Waals surface area contributed by atoms with Crippen LogP contribution in [0.4, 0.5) is 28.4 Å². The zero-order valence-corrected chi connectivity index (χ0v) is 22.5. The van der Waals surface area contributed by atoms with Crippen molar-refractivity contribution in [1.29, 1.82) is 0 Å². The van der Waals surface area contributed by atoms with Gasteiger partial charge in [0.05, 0.1) is 82.0 Å². The molecule has 46 heavy (non-hydrogen) atoms. The summed E-state index contributed by atoms with van der Waals surface area (Å²) in [6.07, 6.45) is 0. The highest BCUT2D eigenvalue weighted by atomic mass is 16.6. The Kier molecular flexibility index (Phi) is 5.58. The summed E-state index contributed by atoms with van der Waals surface area (Å²) in [5.74, 6) is 0. The first kappa shape index (κ1) is 27.5. The van der Waals surface area contributed by atoms with Gasteiger partial charge in [0, 0.05) is 11.6 Å². The fraction of sp³-hybridized carbons (Fsp3) is 0.0400. The van der Waals surface area contributed by atoms with Crippen molar-refractivity contribution in [3.8, 4) is 0 Å².